The lowest BCUT2D eigenvalue weighted by atomic mass is 10.2. The number of hydrogen-bond acceptors (Lipinski definition) is 5. The molecule has 17 heavy (non-hydrogen) atoms. The van der Waals surface area contributed by atoms with Gasteiger partial charge in [0.05, 0.1) is 0 Å². The number of aromatic nitrogens is 2. The molecular weight excluding hydrogens is 218 g/mol. The zero-order valence-corrected chi connectivity index (χ0v) is 10.2. The van der Waals surface area contributed by atoms with Gasteiger partial charge in [-0.3, -0.25) is 4.79 Å². The Morgan fingerprint density at radius 2 is 2.24 bits per heavy atom. The molecule has 0 radical (unpaired) electrons. The van der Waals surface area contributed by atoms with Crippen LogP contribution in [0.4, 0.5) is 11.6 Å². The second-order valence-electron chi connectivity index (χ2n) is 3.90. The highest BCUT2D eigenvalue weighted by atomic mass is 16.1. The highest BCUT2D eigenvalue weighted by molar-refractivity contribution is 5.76. The van der Waals surface area contributed by atoms with Crippen molar-refractivity contribution in [3.63, 3.8) is 0 Å². The van der Waals surface area contributed by atoms with Crippen molar-refractivity contribution >= 4 is 17.5 Å². The van der Waals surface area contributed by atoms with Crippen molar-refractivity contribution in [2.75, 3.05) is 17.6 Å². The minimum Gasteiger partial charge on any atom is -0.382 e. The van der Waals surface area contributed by atoms with Gasteiger partial charge in [0.1, 0.15) is 11.6 Å². The Bertz CT molecular complexity index is 351. The summed E-state index contributed by atoms with van der Waals surface area (Å²) >= 11 is 0. The fourth-order valence-electron chi connectivity index (χ4n) is 1.19. The predicted octanol–water partition coefficient (Wildman–Crippen LogP) is 0.775. The average Bonchev–Trinajstić information content (AvgIpc) is 2.31. The Kier molecular flexibility index (Phi) is 5.19. The summed E-state index contributed by atoms with van der Waals surface area (Å²) in [5, 5.41) is 13.4. The monoisotopic (exact) mass is 237 g/mol. The largest absolute Gasteiger partial charge is 0.382 e. The standard InChI is InChI=1S/C11H19N5O/c1-3-8(2)14-11(17)6-7-13-10-5-4-9(12)15-16-10/h4-5,8H,3,6-7H2,1-2H3,(H2,12,15)(H,13,16)(H,14,17). The van der Waals surface area contributed by atoms with Gasteiger partial charge in [-0.25, -0.2) is 0 Å². The number of nitrogens with one attached hydrogen (secondary N) is 2. The molecule has 4 N–H and O–H groups in total. The van der Waals surface area contributed by atoms with Gasteiger partial charge in [0.25, 0.3) is 0 Å². The molecule has 1 aromatic heterocycles. The fraction of sp³-hybridized carbons (Fsp3) is 0.545. The minimum absolute atomic E-state index is 0.0373. The molecule has 1 atom stereocenters. The second-order valence-corrected chi connectivity index (χ2v) is 3.90. The number of carbonyl (C=O) groups is 1. The van der Waals surface area contributed by atoms with E-state index < -0.39 is 0 Å². The summed E-state index contributed by atoms with van der Waals surface area (Å²) < 4.78 is 0. The molecule has 0 spiro atoms. The second kappa shape index (κ2) is 6.67. The lowest BCUT2D eigenvalue weighted by Gasteiger charge is -2.11. The topological polar surface area (TPSA) is 92.9 Å². The van der Waals surface area contributed by atoms with Crippen LogP contribution in [0.5, 0.6) is 0 Å². The van der Waals surface area contributed by atoms with Crippen molar-refractivity contribution in [1.29, 1.82) is 0 Å². The van der Waals surface area contributed by atoms with E-state index in [0.717, 1.165) is 6.42 Å². The Balaban J connectivity index is 2.23. The summed E-state index contributed by atoms with van der Waals surface area (Å²) in [7, 11) is 0. The Labute approximate surface area is 101 Å². The van der Waals surface area contributed by atoms with Gasteiger partial charge in [0.2, 0.25) is 5.91 Å². The quantitative estimate of drug-likeness (QED) is 0.679. The summed E-state index contributed by atoms with van der Waals surface area (Å²) in [6, 6.07) is 3.61. The van der Waals surface area contributed by atoms with E-state index >= 15 is 0 Å². The predicted molar refractivity (Wildman–Crippen MR) is 67.4 cm³/mol. The van der Waals surface area contributed by atoms with Crippen LogP contribution >= 0.6 is 0 Å². The van der Waals surface area contributed by atoms with E-state index in [9.17, 15) is 4.79 Å². The maximum atomic E-state index is 11.4. The third kappa shape index (κ3) is 5.14. The van der Waals surface area contributed by atoms with Crippen LogP contribution in [-0.4, -0.2) is 28.7 Å². The van der Waals surface area contributed by atoms with Crippen molar-refractivity contribution < 1.29 is 4.79 Å². The van der Waals surface area contributed by atoms with Crippen LogP contribution in [0.15, 0.2) is 12.1 Å². The summed E-state index contributed by atoms with van der Waals surface area (Å²) in [4.78, 5) is 11.4. The number of carbonyl (C=O) groups excluding carboxylic acids is 1. The zero-order chi connectivity index (χ0) is 12.7. The SMILES string of the molecule is CCC(C)NC(=O)CCNc1ccc(N)nn1. The molecule has 0 aromatic carbocycles. The molecule has 0 saturated heterocycles. The Hall–Kier alpha value is -1.85. The van der Waals surface area contributed by atoms with Crippen molar-refractivity contribution in [2.45, 2.75) is 32.7 Å². The fourth-order valence-corrected chi connectivity index (χ4v) is 1.19. The van der Waals surface area contributed by atoms with Gasteiger partial charge in [-0.2, -0.15) is 0 Å². The van der Waals surface area contributed by atoms with Gasteiger partial charge in [-0.15, -0.1) is 10.2 Å². The first-order chi connectivity index (χ1) is 8.11. The average molecular weight is 237 g/mol. The van der Waals surface area contributed by atoms with Crippen LogP contribution in [0.25, 0.3) is 0 Å². The number of anilines is 2. The molecule has 0 bridgehead atoms. The Morgan fingerprint density at radius 3 is 2.82 bits per heavy atom. The van der Waals surface area contributed by atoms with Gasteiger partial charge in [0.15, 0.2) is 0 Å². The van der Waals surface area contributed by atoms with E-state index in [1.54, 1.807) is 12.1 Å². The lowest BCUT2D eigenvalue weighted by Crippen LogP contribution is -2.33. The van der Waals surface area contributed by atoms with Gasteiger partial charge in [-0.05, 0) is 25.5 Å². The van der Waals surface area contributed by atoms with Crippen LogP contribution in [0.3, 0.4) is 0 Å². The van der Waals surface area contributed by atoms with Gasteiger partial charge in [0, 0.05) is 19.0 Å². The van der Waals surface area contributed by atoms with E-state index in [1.165, 1.54) is 0 Å². The number of amides is 1. The molecule has 1 amide bonds. The van der Waals surface area contributed by atoms with E-state index in [0.29, 0.717) is 24.6 Å². The number of nitrogens with zero attached hydrogens (tertiary/aromatic N) is 2. The van der Waals surface area contributed by atoms with E-state index in [1.807, 2.05) is 13.8 Å². The summed E-state index contributed by atoms with van der Waals surface area (Å²) in [6.45, 7) is 4.55. The maximum Gasteiger partial charge on any atom is 0.221 e. The Morgan fingerprint density at radius 1 is 1.47 bits per heavy atom. The van der Waals surface area contributed by atoms with Crippen molar-refractivity contribution in [1.82, 2.24) is 15.5 Å². The first kappa shape index (κ1) is 13.2. The molecule has 6 heteroatoms. The minimum atomic E-state index is 0.0373. The van der Waals surface area contributed by atoms with Crippen LogP contribution in [-0.2, 0) is 4.79 Å². The van der Waals surface area contributed by atoms with Gasteiger partial charge >= 0.3 is 0 Å². The maximum absolute atomic E-state index is 11.4. The third-order valence-electron chi connectivity index (χ3n) is 2.36. The highest BCUT2D eigenvalue weighted by Gasteiger charge is 2.04. The molecule has 1 aromatic rings. The molecule has 0 fully saturated rings. The molecule has 1 heterocycles. The number of nitrogens with two attached hydrogens (primary N) is 1. The lowest BCUT2D eigenvalue weighted by molar-refractivity contribution is -0.121. The molecule has 0 aliphatic rings. The zero-order valence-electron chi connectivity index (χ0n) is 10.2. The molecule has 1 unspecified atom stereocenters. The van der Waals surface area contributed by atoms with Gasteiger partial charge in [-0.1, -0.05) is 6.92 Å². The summed E-state index contributed by atoms with van der Waals surface area (Å²) in [5.41, 5.74) is 5.41. The molecule has 0 aliphatic heterocycles. The summed E-state index contributed by atoms with van der Waals surface area (Å²) in [5.74, 6) is 1.04. The third-order valence-corrected chi connectivity index (χ3v) is 2.36. The van der Waals surface area contributed by atoms with Crippen LogP contribution in [0, 0.1) is 0 Å². The molecule has 0 aliphatic carbocycles. The van der Waals surface area contributed by atoms with E-state index in [-0.39, 0.29) is 11.9 Å². The molecular formula is C11H19N5O. The van der Waals surface area contributed by atoms with Gasteiger partial charge < -0.3 is 16.4 Å². The molecule has 6 nitrogen and oxygen atoms in total. The normalized spacial score (nSPS) is 11.9. The first-order valence-electron chi connectivity index (χ1n) is 5.74. The number of hydrogen-bond donors (Lipinski definition) is 3. The van der Waals surface area contributed by atoms with Crippen LogP contribution in [0.1, 0.15) is 26.7 Å². The van der Waals surface area contributed by atoms with Crippen LogP contribution in [0.2, 0.25) is 0 Å². The summed E-state index contributed by atoms with van der Waals surface area (Å²) in [6.07, 6.45) is 1.35. The highest BCUT2D eigenvalue weighted by Crippen LogP contribution is 2.02. The first-order valence-corrected chi connectivity index (χ1v) is 5.74. The van der Waals surface area contributed by atoms with Crippen molar-refractivity contribution in [3.05, 3.63) is 12.1 Å². The number of rotatable bonds is 6. The molecule has 0 saturated carbocycles. The van der Waals surface area contributed by atoms with Crippen molar-refractivity contribution in [2.24, 2.45) is 0 Å². The van der Waals surface area contributed by atoms with Crippen molar-refractivity contribution in [3.8, 4) is 0 Å². The van der Waals surface area contributed by atoms with E-state index in [4.69, 9.17) is 5.73 Å². The van der Waals surface area contributed by atoms with Crippen LogP contribution < -0.4 is 16.4 Å². The molecule has 1 rings (SSSR count). The number of nitrogen functional groups attached to an aromatic ring is 1. The smallest absolute Gasteiger partial charge is 0.221 e. The molecule has 94 valence electrons. The van der Waals surface area contributed by atoms with E-state index in [2.05, 4.69) is 20.8 Å².